The van der Waals surface area contributed by atoms with Crippen LogP contribution in [0.25, 0.3) is 0 Å². The normalized spacial score (nSPS) is 16.7. The Morgan fingerprint density at radius 1 is 1.33 bits per heavy atom. The van der Waals surface area contributed by atoms with E-state index in [-0.39, 0.29) is 12.3 Å². The highest BCUT2D eigenvalue weighted by atomic mass is 16.6. The highest BCUT2D eigenvalue weighted by Gasteiger charge is 2.21. The fraction of sp³-hybridized carbons (Fsp3) is 0.500. The van der Waals surface area contributed by atoms with Gasteiger partial charge in [0.05, 0.1) is 30.3 Å². The van der Waals surface area contributed by atoms with Gasteiger partial charge < -0.3 is 9.84 Å². The standard InChI is InChI=1S/C12H16N2O4/c15-9-11-3-1-2-10(12(11)14(16)17)8-13-4-6-18-7-5-13/h1-3,15H,4-9H2. The Hall–Kier alpha value is -1.50. The number of nitro groups is 1. The van der Waals surface area contributed by atoms with Crippen molar-refractivity contribution in [3.8, 4) is 0 Å². The van der Waals surface area contributed by atoms with Crippen molar-refractivity contribution in [3.63, 3.8) is 0 Å². The van der Waals surface area contributed by atoms with Gasteiger partial charge in [-0.15, -0.1) is 0 Å². The Morgan fingerprint density at radius 2 is 2.00 bits per heavy atom. The average molecular weight is 252 g/mol. The third-order valence-electron chi connectivity index (χ3n) is 3.05. The molecule has 1 N–H and O–H groups in total. The smallest absolute Gasteiger partial charge is 0.279 e. The van der Waals surface area contributed by atoms with E-state index in [2.05, 4.69) is 4.90 Å². The summed E-state index contributed by atoms with van der Waals surface area (Å²) in [4.78, 5) is 12.8. The average Bonchev–Trinajstić information content (AvgIpc) is 2.39. The number of hydrogen-bond donors (Lipinski definition) is 1. The molecule has 0 aliphatic carbocycles. The lowest BCUT2D eigenvalue weighted by molar-refractivity contribution is -0.386. The molecule has 98 valence electrons. The fourth-order valence-electron chi connectivity index (χ4n) is 2.13. The van der Waals surface area contributed by atoms with Gasteiger partial charge in [-0.2, -0.15) is 0 Å². The molecule has 0 saturated carbocycles. The maximum atomic E-state index is 11.1. The Bertz CT molecular complexity index is 430. The van der Waals surface area contributed by atoms with Crippen molar-refractivity contribution >= 4 is 5.69 Å². The number of aliphatic hydroxyl groups excluding tert-OH is 1. The Morgan fingerprint density at radius 3 is 2.61 bits per heavy atom. The number of morpholine rings is 1. The van der Waals surface area contributed by atoms with Crippen LogP contribution in [-0.4, -0.2) is 41.2 Å². The lowest BCUT2D eigenvalue weighted by Crippen LogP contribution is -2.35. The molecular weight excluding hydrogens is 236 g/mol. The molecule has 0 unspecified atom stereocenters. The summed E-state index contributed by atoms with van der Waals surface area (Å²) in [7, 11) is 0. The number of benzene rings is 1. The molecule has 1 aliphatic rings. The molecule has 1 aromatic rings. The van der Waals surface area contributed by atoms with Crippen molar-refractivity contribution in [2.45, 2.75) is 13.2 Å². The molecule has 0 aromatic heterocycles. The molecule has 0 atom stereocenters. The van der Waals surface area contributed by atoms with E-state index >= 15 is 0 Å². The maximum Gasteiger partial charge on any atom is 0.279 e. The van der Waals surface area contributed by atoms with Crippen LogP contribution in [-0.2, 0) is 17.9 Å². The van der Waals surface area contributed by atoms with Gasteiger partial charge in [-0.05, 0) is 6.07 Å². The molecule has 18 heavy (non-hydrogen) atoms. The molecule has 1 saturated heterocycles. The van der Waals surface area contributed by atoms with Crippen LogP contribution in [0.5, 0.6) is 0 Å². The van der Waals surface area contributed by atoms with Crippen molar-refractivity contribution in [1.82, 2.24) is 4.90 Å². The second kappa shape index (κ2) is 5.90. The molecule has 0 spiro atoms. The van der Waals surface area contributed by atoms with Crippen molar-refractivity contribution < 1.29 is 14.8 Å². The largest absolute Gasteiger partial charge is 0.391 e. The Labute approximate surface area is 105 Å². The summed E-state index contributed by atoms with van der Waals surface area (Å²) >= 11 is 0. The Kier molecular flexibility index (Phi) is 4.24. The minimum atomic E-state index is -0.415. The van der Waals surface area contributed by atoms with Gasteiger partial charge >= 0.3 is 0 Å². The van der Waals surface area contributed by atoms with Gasteiger partial charge in [0.25, 0.3) is 5.69 Å². The van der Waals surface area contributed by atoms with E-state index in [1.165, 1.54) is 0 Å². The first kappa shape index (κ1) is 12.9. The summed E-state index contributed by atoms with van der Waals surface area (Å²) in [6, 6.07) is 5.07. The van der Waals surface area contributed by atoms with Gasteiger partial charge in [-0.25, -0.2) is 0 Å². The molecule has 0 amide bonds. The van der Waals surface area contributed by atoms with Crippen molar-refractivity contribution in [2.75, 3.05) is 26.3 Å². The molecule has 0 bridgehead atoms. The van der Waals surface area contributed by atoms with Crippen LogP contribution in [0.15, 0.2) is 18.2 Å². The van der Waals surface area contributed by atoms with Crippen LogP contribution in [0.2, 0.25) is 0 Å². The quantitative estimate of drug-likeness (QED) is 0.637. The summed E-state index contributed by atoms with van der Waals surface area (Å²) in [5.41, 5.74) is 1.05. The third kappa shape index (κ3) is 2.84. The van der Waals surface area contributed by atoms with Gasteiger partial charge in [0, 0.05) is 25.2 Å². The van der Waals surface area contributed by atoms with E-state index in [0.29, 0.717) is 30.9 Å². The Balaban J connectivity index is 2.23. The highest BCUT2D eigenvalue weighted by molar-refractivity contribution is 5.47. The third-order valence-corrected chi connectivity index (χ3v) is 3.05. The number of nitrogens with zero attached hydrogens (tertiary/aromatic N) is 2. The van der Waals surface area contributed by atoms with Crippen LogP contribution in [0.4, 0.5) is 5.69 Å². The van der Waals surface area contributed by atoms with Gasteiger partial charge in [0.1, 0.15) is 0 Å². The van der Waals surface area contributed by atoms with Crippen molar-refractivity contribution in [2.24, 2.45) is 0 Å². The summed E-state index contributed by atoms with van der Waals surface area (Å²) < 4.78 is 5.24. The van der Waals surface area contributed by atoms with E-state index in [0.717, 1.165) is 13.1 Å². The number of hydrogen-bond acceptors (Lipinski definition) is 5. The zero-order chi connectivity index (χ0) is 13.0. The first-order valence-corrected chi connectivity index (χ1v) is 5.88. The minimum Gasteiger partial charge on any atom is -0.391 e. The van der Waals surface area contributed by atoms with E-state index in [9.17, 15) is 10.1 Å². The zero-order valence-electron chi connectivity index (χ0n) is 10.0. The summed E-state index contributed by atoms with van der Waals surface area (Å²) in [5, 5.41) is 20.3. The van der Waals surface area contributed by atoms with Crippen molar-refractivity contribution in [3.05, 3.63) is 39.4 Å². The second-order valence-corrected chi connectivity index (χ2v) is 4.23. The van der Waals surface area contributed by atoms with E-state index in [4.69, 9.17) is 9.84 Å². The maximum absolute atomic E-state index is 11.1. The minimum absolute atomic E-state index is 0.0338. The van der Waals surface area contributed by atoms with Gasteiger partial charge in [-0.1, -0.05) is 12.1 Å². The van der Waals surface area contributed by atoms with E-state index in [1.54, 1.807) is 18.2 Å². The first-order chi connectivity index (χ1) is 8.72. The van der Waals surface area contributed by atoms with Crippen molar-refractivity contribution in [1.29, 1.82) is 0 Å². The van der Waals surface area contributed by atoms with Crippen LogP contribution in [0.3, 0.4) is 0 Å². The number of aliphatic hydroxyl groups is 1. The molecule has 1 aliphatic heterocycles. The van der Waals surface area contributed by atoms with Crippen LogP contribution < -0.4 is 0 Å². The molecular formula is C12H16N2O4. The molecule has 6 nitrogen and oxygen atoms in total. The molecule has 1 aromatic carbocycles. The van der Waals surface area contributed by atoms with E-state index in [1.807, 2.05) is 0 Å². The lowest BCUT2D eigenvalue weighted by atomic mass is 10.1. The van der Waals surface area contributed by atoms with E-state index < -0.39 is 4.92 Å². The predicted molar refractivity (Wildman–Crippen MR) is 65.1 cm³/mol. The second-order valence-electron chi connectivity index (χ2n) is 4.23. The molecule has 6 heteroatoms. The molecule has 2 rings (SSSR count). The molecule has 1 fully saturated rings. The topological polar surface area (TPSA) is 75.8 Å². The van der Waals surface area contributed by atoms with Crippen LogP contribution in [0, 0.1) is 10.1 Å². The number of rotatable bonds is 4. The highest BCUT2D eigenvalue weighted by Crippen LogP contribution is 2.25. The number of para-hydroxylation sites is 1. The van der Waals surface area contributed by atoms with Gasteiger partial charge in [0.2, 0.25) is 0 Å². The fourth-order valence-corrected chi connectivity index (χ4v) is 2.13. The van der Waals surface area contributed by atoms with Gasteiger partial charge in [0.15, 0.2) is 0 Å². The summed E-state index contributed by atoms with van der Waals surface area (Å²) in [6.45, 7) is 3.09. The van der Waals surface area contributed by atoms with Crippen LogP contribution >= 0.6 is 0 Å². The summed E-state index contributed by atoms with van der Waals surface area (Å²) in [5.74, 6) is 0. The zero-order valence-corrected chi connectivity index (χ0v) is 10.0. The lowest BCUT2D eigenvalue weighted by Gasteiger charge is -2.26. The summed E-state index contributed by atoms with van der Waals surface area (Å²) in [6.07, 6.45) is 0. The number of nitro benzene ring substituents is 1. The monoisotopic (exact) mass is 252 g/mol. The number of ether oxygens (including phenoxy) is 1. The predicted octanol–water partition coefficient (Wildman–Crippen LogP) is 0.919. The molecule has 0 radical (unpaired) electrons. The molecule has 1 heterocycles. The first-order valence-electron chi connectivity index (χ1n) is 5.88. The van der Waals surface area contributed by atoms with Crippen LogP contribution in [0.1, 0.15) is 11.1 Å². The SMILES string of the molecule is O=[N+]([O-])c1c(CO)cccc1CN1CCOCC1. The van der Waals surface area contributed by atoms with Gasteiger partial charge in [-0.3, -0.25) is 15.0 Å².